The smallest absolute Gasteiger partial charge is 0.318 e. The average molecular weight is 484 g/mol. The van der Waals surface area contributed by atoms with Crippen molar-refractivity contribution < 1.29 is 19.2 Å². The standard InChI is InChI=1S/C27H25N5O4/c33-24(29-32-25(34)22-18-5-6-19(21-13-20(18)21)23(22)26(32)35)16-3-1-15(2-4-16)14-30-11-12-31(27(30)36)17-7-9-28-10-8-17/h1-10,18-23H,11-14H2,(H,29,33)/t18-,19+,20?,21?,22-,23+. The molecule has 1 aromatic carbocycles. The van der Waals surface area contributed by atoms with Gasteiger partial charge in [-0.25, -0.2) is 4.79 Å². The summed E-state index contributed by atoms with van der Waals surface area (Å²) < 4.78 is 0. The summed E-state index contributed by atoms with van der Waals surface area (Å²) >= 11 is 0. The summed E-state index contributed by atoms with van der Waals surface area (Å²) in [5.74, 6) is -0.491. The second-order valence-electron chi connectivity index (χ2n) is 10.4. The first-order valence-corrected chi connectivity index (χ1v) is 12.4. The fraction of sp³-hybridized carbons (Fsp3) is 0.370. The summed E-state index contributed by atoms with van der Waals surface area (Å²) in [7, 11) is 0. The maximum absolute atomic E-state index is 13.1. The number of imide groups is 1. The highest BCUT2D eigenvalue weighted by Crippen LogP contribution is 2.65. The Morgan fingerprint density at radius 3 is 2.17 bits per heavy atom. The van der Waals surface area contributed by atoms with Crippen LogP contribution in [0.2, 0.25) is 0 Å². The van der Waals surface area contributed by atoms with Crippen LogP contribution in [0.4, 0.5) is 10.5 Å². The van der Waals surface area contributed by atoms with Crippen LogP contribution in [0.25, 0.3) is 0 Å². The lowest BCUT2D eigenvalue weighted by Gasteiger charge is -2.37. The molecule has 9 nitrogen and oxygen atoms in total. The number of urea groups is 1. The van der Waals surface area contributed by atoms with E-state index in [1.54, 1.807) is 46.5 Å². The van der Waals surface area contributed by atoms with Gasteiger partial charge in [0.15, 0.2) is 0 Å². The number of hydrogen-bond donors (Lipinski definition) is 1. The third-order valence-corrected chi connectivity index (χ3v) is 8.54. The van der Waals surface area contributed by atoms with E-state index in [1.165, 1.54) is 0 Å². The van der Waals surface area contributed by atoms with E-state index in [0.29, 0.717) is 37.0 Å². The highest BCUT2D eigenvalue weighted by atomic mass is 16.2. The number of rotatable bonds is 5. The lowest BCUT2D eigenvalue weighted by Crippen LogP contribution is -2.46. The summed E-state index contributed by atoms with van der Waals surface area (Å²) in [6, 6.07) is 10.4. The van der Waals surface area contributed by atoms with Crippen molar-refractivity contribution in [2.45, 2.75) is 13.0 Å². The Labute approximate surface area is 207 Å². The summed E-state index contributed by atoms with van der Waals surface area (Å²) in [4.78, 5) is 59.4. The van der Waals surface area contributed by atoms with Gasteiger partial charge in [-0.05, 0) is 59.9 Å². The summed E-state index contributed by atoms with van der Waals surface area (Å²) in [5, 5.41) is 0.958. The fourth-order valence-electron chi connectivity index (χ4n) is 6.71. The molecule has 5 amide bonds. The molecule has 182 valence electrons. The number of amides is 5. The SMILES string of the molecule is O=C(NN1C(=O)[C@@H]2[C@H](C1=O)[C@@H]1C=C[C@H]2C2CC21)c1ccc(CN2CCN(c3ccncc3)C2=O)cc1. The number of anilines is 1. The van der Waals surface area contributed by atoms with E-state index >= 15 is 0 Å². The molecule has 9 heteroatoms. The fourth-order valence-corrected chi connectivity index (χ4v) is 6.71. The first kappa shape index (κ1) is 21.3. The highest BCUT2D eigenvalue weighted by molar-refractivity contribution is 6.08. The van der Waals surface area contributed by atoms with Gasteiger partial charge in [-0.3, -0.25) is 29.7 Å². The summed E-state index contributed by atoms with van der Waals surface area (Å²) in [5.41, 5.74) is 4.62. The van der Waals surface area contributed by atoms with Crippen LogP contribution in [-0.4, -0.2) is 51.7 Å². The summed E-state index contributed by atoms with van der Waals surface area (Å²) in [6.07, 6.45) is 8.64. The number of aromatic nitrogens is 1. The van der Waals surface area contributed by atoms with Crippen LogP contribution in [0.5, 0.6) is 0 Å². The minimum atomic E-state index is -0.492. The second-order valence-corrected chi connectivity index (χ2v) is 10.4. The Kier molecular flexibility index (Phi) is 4.58. The minimum Gasteiger partial charge on any atom is -0.318 e. The number of allylic oxidation sites excluding steroid dienone is 2. The number of nitrogens with one attached hydrogen (secondary N) is 1. The van der Waals surface area contributed by atoms with Gasteiger partial charge in [0.05, 0.1) is 11.8 Å². The maximum Gasteiger partial charge on any atom is 0.324 e. The third kappa shape index (κ3) is 3.11. The molecule has 6 atom stereocenters. The number of hydrogen-bond acceptors (Lipinski definition) is 5. The predicted octanol–water partition coefficient (Wildman–Crippen LogP) is 2.22. The molecule has 0 radical (unpaired) electrons. The van der Waals surface area contributed by atoms with Crippen LogP contribution in [0.1, 0.15) is 22.3 Å². The number of nitrogens with zero attached hydrogens (tertiary/aromatic N) is 4. The largest absolute Gasteiger partial charge is 0.324 e. The van der Waals surface area contributed by atoms with Crippen molar-refractivity contribution in [2.75, 3.05) is 18.0 Å². The molecule has 4 fully saturated rings. The van der Waals surface area contributed by atoms with Gasteiger partial charge in [0.2, 0.25) is 0 Å². The Balaban J connectivity index is 1.00. The lowest BCUT2D eigenvalue weighted by molar-refractivity contribution is -0.143. The van der Waals surface area contributed by atoms with Crippen LogP contribution in [0.3, 0.4) is 0 Å². The van der Waals surface area contributed by atoms with Crippen molar-refractivity contribution in [3.05, 3.63) is 72.1 Å². The molecule has 2 saturated heterocycles. The molecule has 1 aromatic heterocycles. The van der Waals surface area contributed by atoms with E-state index < -0.39 is 5.91 Å². The highest BCUT2D eigenvalue weighted by Gasteiger charge is 2.67. The number of benzene rings is 1. The molecule has 0 spiro atoms. The monoisotopic (exact) mass is 483 g/mol. The van der Waals surface area contributed by atoms with Crippen molar-refractivity contribution in [1.29, 1.82) is 0 Å². The zero-order valence-corrected chi connectivity index (χ0v) is 19.5. The van der Waals surface area contributed by atoms with E-state index in [1.807, 2.05) is 12.1 Å². The molecule has 4 aliphatic carbocycles. The predicted molar refractivity (Wildman–Crippen MR) is 128 cm³/mol. The molecule has 2 aromatic rings. The number of carbonyl (C=O) groups excluding carboxylic acids is 4. The molecule has 8 rings (SSSR count). The van der Waals surface area contributed by atoms with E-state index in [2.05, 4.69) is 22.6 Å². The van der Waals surface area contributed by atoms with Crippen molar-refractivity contribution in [3.8, 4) is 0 Å². The summed E-state index contributed by atoms with van der Waals surface area (Å²) in [6.45, 7) is 1.62. The third-order valence-electron chi connectivity index (χ3n) is 8.54. The van der Waals surface area contributed by atoms with Gasteiger partial charge in [0, 0.05) is 43.3 Å². The van der Waals surface area contributed by atoms with Gasteiger partial charge in [-0.2, -0.15) is 5.01 Å². The van der Waals surface area contributed by atoms with Crippen LogP contribution < -0.4 is 10.3 Å². The van der Waals surface area contributed by atoms with Crippen LogP contribution in [0, 0.1) is 35.5 Å². The topological polar surface area (TPSA) is 103 Å². The number of hydrazine groups is 1. The number of carbonyl (C=O) groups is 4. The number of pyridine rings is 1. The minimum absolute atomic E-state index is 0.0726. The quantitative estimate of drug-likeness (QED) is 0.519. The van der Waals surface area contributed by atoms with Crippen molar-refractivity contribution in [3.63, 3.8) is 0 Å². The second kappa shape index (κ2) is 7.74. The molecule has 2 bridgehead atoms. The van der Waals surface area contributed by atoms with Gasteiger partial charge in [0.25, 0.3) is 17.7 Å². The van der Waals surface area contributed by atoms with Crippen molar-refractivity contribution >= 4 is 29.4 Å². The van der Waals surface area contributed by atoms with Gasteiger partial charge >= 0.3 is 6.03 Å². The molecular weight excluding hydrogens is 458 g/mol. The Bertz CT molecular complexity index is 1270. The van der Waals surface area contributed by atoms with Crippen molar-refractivity contribution in [2.24, 2.45) is 35.5 Å². The Morgan fingerprint density at radius 2 is 1.53 bits per heavy atom. The van der Waals surface area contributed by atoms with Crippen LogP contribution >= 0.6 is 0 Å². The van der Waals surface area contributed by atoms with Gasteiger partial charge < -0.3 is 4.90 Å². The normalized spacial score (nSPS) is 31.7. The average Bonchev–Trinajstić information content (AvgIpc) is 3.61. The van der Waals surface area contributed by atoms with Gasteiger partial charge in [0.1, 0.15) is 0 Å². The maximum atomic E-state index is 13.1. The van der Waals surface area contributed by atoms with Gasteiger partial charge in [-0.1, -0.05) is 24.3 Å². The lowest BCUT2D eigenvalue weighted by atomic mass is 9.63. The first-order valence-electron chi connectivity index (χ1n) is 12.4. The van der Waals surface area contributed by atoms with Crippen molar-refractivity contribution in [1.82, 2.24) is 20.3 Å². The molecule has 3 heterocycles. The zero-order chi connectivity index (χ0) is 24.6. The van der Waals surface area contributed by atoms with Gasteiger partial charge in [-0.15, -0.1) is 0 Å². The van der Waals surface area contributed by atoms with Crippen LogP contribution in [-0.2, 0) is 16.1 Å². The Hall–Kier alpha value is -4.01. The molecule has 2 unspecified atom stereocenters. The van der Waals surface area contributed by atoms with Crippen LogP contribution in [0.15, 0.2) is 60.9 Å². The molecule has 2 saturated carbocycles. The molecule has 2 aliphatic heterocycles. The first-order chi connectivity index (χ1) is 17.5. The zero-order valence-electron chi connectivity index (χ0n) is 19.5. The van der Waals surface area contributed by atoms with E-state index in [4.69, 9.17) is 0 Å². The van der Waals surface area contributed by atoms with E-state index in [9.17, 15) is 19.2 Å². The Morgan fingerprint density at radius 1 is 0.889 bits per heavy atom. The van der Waals surface area contributed by atoms with E-state index in [0.717, 1.165) is 22.7 Å². The molecule has 6 aliphatic rings. The molecule has 36 heavy (non-hydrogen) atoms. The molecular formula is C27H25N5O4. The molecule has 1 N–H and O–H groups in total. The van der Waals surface area contributed by atoms with E-state index in [-0.39, 0.29) is 41.5 Å².